The third kappa shape index (κ3) is 9.92. The minimum atomic E-state index is 0.400. The molecule has 4 nitrogen and oxygen atoms in total. The van der Waals surface area contributed by atoms with Crippen molar-refractivity contribution < 1.29 is 9.47 Å². The van der Waals surface area contributed by atoms with Crippen LogP contribution in [0.4, 0.5) is 0 Å². The van der Waals surface area contributed by atoms with Crippen molar-refractivity contribution in [3.63, 3.8) is 0 Å². The Balaban J connectivity index is 3.05. The fourth-order valence-corrected chi connectivity index (χ4v) is 1.04. The molecule has 1 atom stereocenters. The predicted octanol–water partition coefficient (Wildman–Crippen LogP) is 0.189. The Morgan fingerprint density at radius 2 is 2.00 bits per heavy atom. The van der Waals surface area contributed by atoms with Gasteiger partial charge in [-0.05, 0) is 21.0 Å². The van der Waals surface area contributed by atoms with Gasteiger partial charge >= 0.3 is 0 Å². The van der Waals surface area contributed by atoms with Crippen LogP contribution in [0.2, 0.25) is 0 Å². The first-order valence-electron chi connectivity index (χ1n) is 5.11. The van der Waals surface area contributed by atoms with E-state index in [-0.39, 0.29) is 0 Å². The smallest absolute Gasteiger partial charge is 0.0613 e. The summed E-state index contributed by atoms with van der Waals surface area (Å²) in [5.74, 6) is 0. The van der Waals surface area contributed by atoms with Crippen LogP contribution in [0.15, 0.2) is 0 Å². The van der Waals surface area contributed by atoms with Gasteiger partial charge in [0.2, 0.25) is 0 Å². The fourth-order valence-electron chi connectivity index (χ4n) is 1.04. The molecule has 0 rings (SSSR count). The van der Waals surface area contributed by atoms with Crippen LogP contribution in [0, 0.1) is 0 Å². The van der Waals surface area contributed by atoms with Crippen molar-refractivity contribution in [3.05, 3.63) is 0 Å². The lowest BCUT2D eigenvalue weighted by molar-refractivity contribution is 0.112. The molecule has 1 N–H and O–H groups in total. The summed E-state index contributed by atoms with van der Waals surface area (Å²) in [7, 11) is 5.80. The Morgan fingerprint density at radius 1 is 1.29 bits per heavy atom. The molecule has 0 fully saturated rings. The topological polar surface area (TPSA) is 33.7 Å². The highest BCUT2D eigenvalue weighted by atomic mass is 16.5. The largest absolute Gasteiger partial charge is 0.383 e. The van der Waals surface area contributed by atoms with Gasteiger partial charge in [-0.2, -0.15) is 0 Å². The SMILES string of the molecule is COCC(C)NCCOCCN(C)C. The van der Waals surface area contributed by atoms with Crippen LogP contribution in [0.1, 0.15) is 6.92 Å². The second kappa shape index (κ2) is 9.40. The summed E-state index contributed by atoms with van der Waals surface area (Å²) in [6.07, 6.45) is 0. The first-order chi connectivity index (χ1) is 6.66. The molecule has 0 aliphatic rings. The van der Waals surface area contributed by atoms with E-state index in [1.54, 1.807) is 7.11 Å². The van der Waals surface area contributed by atoms with Crippen molar-refractivity contribution in [3.8, 4) is 0 Å². The number of methoxy groups -OCH3 is 1. The molecule has 0 aromatic heterocycles. The van der Waals surface area contributed by atoms with Gasteiger partial charge in [0.05, 0.1) is 19.8 Å². The number of ether oxygens (including phenoxy) is 2. The predicted molar refractivity (Wildman–Crippen MR) is 58.7 cm³/mol. The van der Waals surface area contributed by atoms with Crippen LogP contribution < -0.4 is 5.32 Å². The summed E-state index contributed by atoms with van der Waals surface area (Å²) in [5, 5.41) is 3.31. The highest BCUT2D eigenvalue weighted by Crippen LogP contribution is 1.82. The third-order valence-electron chi connectivity index (χ3n) is 1.84. The molecule has 0 heterocycles. The van der Waals surface area contributed by atoms with Gasteiger partial charge in [0.25, 0.3) is 0 Å². The molecule has 0 aromatic rings. The van der Waals surface area contributed by atoms with Gasteiger partial charge < -0.3 is 19.7 Å². The molecular weight excluding hydrogens is 180 g/mol. The van der Waals surface area contributed by atoms with Crippen molar-refractivity contribution in [1.29, 1.82) is 0 Å². The van der Waals surface area contributed by atoms with E-state index >= 15 is 0 Å². The van der Waals surface area contributed by atoms with E-state index in [9.17, 15) is 0 Å². The first-order valence-corrected chi connectivity index (χ1v) is 5.11. The summed E-state index contributed by atoms with van der Waals surface area (Å²) in [6, 6.07) is 0.400. The van der Waals surface area contributed by atoms with Gasteiger partial charge in [-0.3, -0.25) is 0 Å². The number of nitrogens with one attached hydrogen (secondary N) is 1. The minimum Gasteiger partial charge on any atom is -0.383 e. The Morgan fingerprint density at radius 3 is 2.57 bits per heavy atom. The number of likely N-dealkylation sites (N-methyl/N-ethyl adjacent to an activating group) is 1. The molecule has 0 bridgehead atoms. The number of hydrogen-bond donors (Lipinski definition) is 1. The van der Waals surface area contributed by atoms with Crippen LogP contribution in [0.5, 0.6) is 0 Å². The Labute approximate surface area is 87.6 Å². The van der Waals surface area contributed by atoms with E-state index in [0.29, 0.717) is 6.04 Å². The molecule has 0 aromatic carbocycles. The number of rotatable bonds is 9. The van der Waals surface area contributed by atoms with Crippen molar-refractivity contribution in [2.45, 2.75) is 13.0 Å². The molecular formula is C10H24N2O2. The molecule has 0 saturated heterocycles. The summed E-state index contributed by atoms with van der Waals surface area (Å²) < 4.78 is 10.4. The maximum atomic E-state index is 5.43. The second-order valence-electron chi connectivity index (χ2n) is 3.73. The second-order valence-corrected chi connectivity index (χ2v) is 3.73. The minimum absolute atomic E-state index is 0.400. The number of hydrogen-bond acceptors (Lipinski definition) is 4. The first kappa shape index (κ1) is 13.8. The van der Waals surface area contributed by atoms with Crippen LogP contribution >= 0.6 is 0 Å². The zero-order valence-corrected chi connectivity index (χ0v) is 9.88. The standard InChI is InChI=1S/C10H24N2O2/c1-10(9-13-4)11-5-7-14-8-6-12(2)3/h10-11H,5-9H2,1-4H3. The van der Waals surface area contributed by atoms with E-state index in [1.807, 2.05) is 14.1 Å². The zero-order valence-electron chi connectivity index (χ0n) is 9.88. The van der Waals surface area contributed by atoms with E-state index in [2.05, 4.69) is 17.1 Å². The molecule has 0 saturated carbocycles. The molecule has 1 unspecified atom stereocenters. The van der Waals surface area contributed by atoms with E-state index < -0.39 is 0 Å². The summed E-state index contributed by atoms with van der Waals surface area (Å²) in [6.45, 7) is 6.28. The van der Waals surface area contributed by atoms with Crippen LogP contribution in [-0.4, -0.2) is 65.1 Å². The molecule has 0 aliphatic carbocycles. The highest BCUT2D eigenvalue weighted by molar-refractivity contribution is 4.57. The van der Waals surface area contributed by atoms with Gasteiger partial charge in [0.15, 0.2) is 0 Å². The average molecular weight is 204 g/mol. The lowest BCUT2D eigenvalue weighted by Gasteiger charge is -2.13. The van der Waals surface area contributed by atoms with Crippen LogP contribution in [0.3, 0.4) is 0 Å². The maximum Gasteiger partial charge on any atom is 0.0613 e. The number of nitrogens with zero attached hydrogens (tertiary/aromatic N) is 1. The van der Waals surface area contributed by atoms with Crippen molar-refractivity contribution >= 4 is 0 Å². The molecule has 4 heteroatoms. The van der Waals surface area contributed by atoms with Gasteiger partial charge in [0, 0.05) is 26.2 Å². The molecule has 0 radical (unpaired) electrons. The summed E-state index contributed by atoms with van der Waals surface area (Å²) >= 11 is 0. The normalized spacial score (nSPS) is 13.5. The quantitative estimate of drug-likeness (QED) is 0.544. The van der Waals surface area contributed by atoms with E-state index in [0.717, 1.165) is 32.9 Å². The van der Waals surface area contributed by atoms with Crippen molar-refractivity contribution in [1.82, 2.24) is 10.2 Å². The van der Waals surface area contributed by atoms with Crippen LogP contribution in [0.25, 0.3) is 0 Å². The lowest BCUT2D eigenvalue weighted by Crippen LogP contribution is -2.33. The monoisotopic (exact) mass is 204 g/mol. The Bertz CT molecular complexity index is 121. The molecule has 0 spiro atoms. The highest BCUT2D eigenvalue weighted by Gasteiger charge is 1.98. The average Bonchev–Trinajstić information content (AvgIpc) is 2.11. The van der Waals surface area contributed by atoms with Gasteiger partial charge in [-0.25, -0.2) is 0 Å². The summed E-state index contributed by atoms with van der Waals surface area (Å²) in [5.41, 5.74) is 0. The van der Waals surface area contributed by atoms with Gasteiger partial charge in [-0.1, -0.05) is 0 Å². The maximum absolute atomic E-state index is 5.43. The zero-order chi connectivity index (χ0) is 10.8. The van der Waals surface area contributed by atoms with Crippen molar-refractivity contribution in [2.24, 2.45) is 0 Å². The van der Waals surface area contributed by atoms with E-state index in [1.165, 1.54) is 0 Å². The molecule has 14 heavy (non-hydrogen) atoms. The van der Waals surface area contributed by atoms with E-state index in [4.69, 9.17) is 9.47 Å². The molecule has 86 valence electrons. The fraction of sp³-hybridized carbons (Fsp3) is 1.00. The molecule has 0 amide bonds. The molecule has 0 aliphatic heterocycles. The Kier molecular flexibility index (Phi) is 9.29. The third-order valence-corrected chi connectivity index (χ3v) is 1.84. The Hall–Kier alpha value is -0.160. The summed E-state index contributed by atoms with van der Waals surface area (Å²) in [4.78, 5) is 2.11. The van der Waals surface area contributed by atoms with Crippen molar-refractivity contribution in [2.75, 3.05) is 54.1 Å². The lowest BCUT2D eigenvalue weighted by atomic mass is 10.3. The van der Waals surface area contributed by atoms with Gasteiger partial charge in [-0.15, -0.1) is 0 Å². The van der Waals surface area contributed by atoms with Crippen LogP contribution in [-0.2, 0) is 9.47 Å². The van der Waals surface area contributed by atoms with Gasteiger partial charge in [0.1, 0.15) is 0 Å².